The van der Waals surface area contributed by atoms with E-state index >= 15 is 0 Å². The summed E-state index contributed by atoms with van der Waals surface area (Å²) in [5.74, 6) is -0.877. The number of carbonyl (C=O) groups is 2. The van der Waals surface area contributed by atoms with E-state index in [0.29, 0.717) is 12.8 Å². The molecule has 0 aliphatic rings. The number of phosphoric acid groups is 1. The van der Waals surface area contributed by atoms with Gasteiger partial charge in [0.15, 0.2) is 6.10 Å². The molecule has 0 aromatic heterocycles. The summed E-state index contributed by atoms with van der Waals surface area (Å²) in [4.78, 5) is 34.5. The largest absolute Gasteiger partial charge is 0.472 e. The maximum absolute atomic E-state index is 12.4. The molecule has 0 heterocycles. The number of esters is 2. The fourth-order valence-corrected chi connectivity index (χ4v) is 4.86. The molecular formula is C34H60NO8P. The van der Waals surface area contributed by atoms with Gasteiger partial charge in [-0.15, -0.1) is 0 Å². The lowest BCUT2D eigenvalue weighted by molar-refractivity contribution is -0.161. The number of unbranched alkanes of at least 4 members (excludes halogenated alkanes) is 10. The fourth-order valence-electron chi connectivity index (χ4n) is 4.09. The van der Waals surface area contributed by atoms with Crippen LogP contribution in [-0.2, 0) is 32.7 Å². The number of rotatable bonds is 30. The molecule has 0 radical (unpaired) electrons. The summed E-state index contributed by atoms with van der Waals surface area (Å²) < 4.78 is 32.5. The second kappa shape index (κ2) is 31.0. The third kappa shape index (κ3) is 30.0. The van der Waals surface area contributed by atoms with Gasteiger partial charge < -0.3 is 20.1 Å². The molecule has 0 saturated carbocycles. The van der Waals surface area contributed by atoms with Crippen LogP contribution in [0.4, 0.5) is 0 Å². The van der Waals surface area contributed by atoms with Crippen molar-refractivity contribution >= 4 is 19.8 Å². The lowest BCUT2D eigenvalue weighted by Crippen LogP contribution is -2.29. The predicted molar refractivity (Wildman–Crippen MR) is 178 cm³/mol. The van der Waals surface area contributed by atoms with Crippen molar-refractivity contribution in [3.8, 4) is 0 Å². The van der Waals surface area contributed by atoms with Gasteiger partial charge in [0.05, 0.1) is 13.2 Å². The van der Waals surface area contributed by atoms with Crippen LogP contribution in [0.5, 0.6) is 0 Å². The number of hydrogen-bond acceptors (Lipinski definition) is 8. The average molecular weight is 642 g/mol. The van der Waals surface area contributed by atoms with E-state index in [0.717, 1.165) is 83.5 Å². The molecule has 0 bridgehead atoms. The van der Waals surface area contributed by atoms with Crippen LogP contribution in [0.15, 0.2) is 48.6 Å². The molecule has 0 rings (SSSR count). The molecule has 10 heteroatoms. The molecule has 1 unspecified atom stereocenters. The standard InChI is InChI=1S/C34H60NO8P/c1-3-5-7-9-11-13-15-17-18-20-22-24-26-33(36)40-30-32(31-42-44(38,39)41-29-28-35)43-34(37)27-25-23-21-19-16-14-12-10-8-6-4-2/h4-7,10,12-13,15,32H,3,8-9,11,14,16-31,35H2,1-2H3,(H,38,39)/b6-4-,7-5+,12-10+,15-13+/t32-/m1/s1. The molecule has 44 heavy (non-hydrogen) atoms. The van der Waals surface area contributed by atoms with E-state index in [-0.39, 0.29) is 32.6 Å². The van der Waals surface area contributed by atoms with Crippen molar-refractivity contribution in [3.05, 3.63) is 48.6 Å². The minimum absolute atomic E-state index is 0.0465. The maximum Gasteiger partial charge on any atom is 0.472 e. The molecule has 0 aliphatic heterocycles. The second-order valence-electron chi connectivity index (χ2n) is 10.6. The van der Waals surface area contributed by atoms with Crippen molar-refractivity contribution in [2.24, 2.45) is 5.73 Å². The van der Waals surface area contributed by atoms with Crippen LogP contribution in [0, 0.1) is 0 Å². The van der Waals surface area contributed by atoms with Gasteiger partial charge in [-0.1, -0.05) is 87.6 Å². The van der Waals surface area contributed by atoms with Gasteiger partial charge in [-0.05, 0) is 71.1 Å². The molecule has 0 amide bonds. The molecule has 0 spiro atoms. The first-order valence-electron chi connectivity index (χ1n) is 16.6. The van der Waals surface area contributed by atoms with Gasteiger partial charge in [-0.3, -0.25) is 18.6 Å². The SMILES string of the molecule is C/C=C\C/C=C/CCCCCCCC(=O)O[C@H](COC(=O)CCCCCC/C=C/CC/C=C/CC)COP(=O)(O)OCCN. The molecule has 2 atom stereocenters. The Hall–Kier alpha value is -2.03. The summed E-state index contributed by atoms with van der Waals surface area (Å²) in [5.41, 5.74) is 5.31. The van der Waals surface area contributed by atoms with Gasteiger partial charge in [0, 0.05) is 19.4 Å². The van der Waals surface area contributed by atoms with E-state index < -0.39 is 32.5 Å². The number of phosphoric ester groups is 1. The molecule has 0 fully saturated rings. The van der Waals surface area contributed by atoms with Gasteiger partial charge in [-0.25, -0.2) is 4.57 Å². The van der Waals surface area contributed by atoms with Crippen LogP contribution in [0.1, 0.15) is 123 Å². The third-order valence-electron chi connectivity index (χ3n) is 6.52. The van der Waals surface area contributed by atoms with Gasteiger partial charge in [0.25, 0.3) is 0 Å². The Morgan fingerprint density at radius 3 is 1.93 bits per heavy atom. The van der Waals surface area contributed by atoms with E-state index in [1.165, 1.54) is 0 Å². The first kappa shape index (κ1) is 42.0. The molecule has 0 aromatic rings. The summed E-state index contributed by atoms with van der Waals surface area (Å²) in [6, 6.07) is 0. The smallest absolute Gasteiger partial charge is 0.462 e. The summed E-state index contributed by atoms with van der Waals surface area (Å²) in [7, 11) is -4.37. The Kier molecular flexibility index (Phi) is 29.5. The van der Waals surface area contributed by atoms with Crippen LogP contribution < -0.4 is 5.73 Å². The Bertz CT molecular complexity index is 871. The molecular weight excluding hydrogens is 581 g/mol. The van der Waals surface area contributed by atoms with Gasteiger partial charge in [-0.2, -0.15) is 0 Å². The highest BCUT2D eigenvalue weighted by Crippen LogP contribution is 2.43. The van der Waals surface area contributed by atoms with Crippen molar-refractivity contribution in [2.45, 2.75) is 129 Å². The van der Waals surface area contributed by atoms with E-state index in [9.17, 15) is 19.0 Å². The summed E-state index contributed by atoms with van der Waals surface area (Å²) in [5, 5.41) is 0. The highest BCUT2D eigenvalue weighted by Gasteiger charge is 2.25. The van der Waals surface area contributed by atoms with E-state index in [4.69, 9.17) is 24.3 Å². The summed E-state index contributed by atoms with van der Waals surface area (Å²) >= 11 is 0. The van der Waals surface area contributed by atoms with E-state index in [1.54, 1.807) is 0 Å². The second-order valence-corrected chi connectivity index (χ2v) is 12.1. The van der Waals surface area contributed by atoms with Crippen LogP contribution in [-0.4, -0.2) is 49.3 Å². The maximum atomic E-state index is 12.4. The van der Waals surface area contributed by atoms with Crippen LogP contribution in [0.2, 0.25) is 0 Å². The Labute approximate surface area is 266 Å². The Morgan fingerprint density at radius 1 is 0.727 bits per heavy atom. The highest BCUT2D eigenvalue weighted by molar-refractivity contribution is 7.47. The number of nitrogens with two attached hydrogens (primary N) is 1. The topological polar surface area (TPSA) is 134 Å². The Morgan fingerprint density at radius 2 is 1.30 bits per heavy atom. The zero-order valence-corrected chi connectivity index (χ0v) is 28.3. The molecule has 0 aliphatic carbocycles. The molecule has 254 valence electrons. The fraction of sp³-hybridized carbons (Fsp3) is 0.706. The predicted octanol–water partition coefficient (Wildman–Crippen LogP) is 8.43. The van der Waals surface area contributed by atoms with Crippen LogP contribution >= 0.6 is 7.82 Å². The van der Waals surface area contributed by atoms with Crippen molar-refractivity contribution in [1.82, 2.24) is 0 Å². The molecule has 9 nitrogen and oxygen atoms in total. The van der Waals surface area contributed by atoms with Crippen molar-refractivity contribution < 1.29 is 37.6 Å². The van der Waals surface area contributed by atoms with Gasteiger partial charge in [0.1, 0.15) is 6.61 Å². The highest BCUT2D eigenvalue weighted by atomic mass is 31.2. The van der Waals surface area contributed by atoms with Crippen molar-refractivity contribution in [3.63, 3.8) is 0 Å². The minimum Gasteiger partial charge on any atom is -0.462 e. The molecule has 0 saturated heterocycles. The number of ether oxygens (including phenoxy) is 2. The molecule has 3 N–H and O–H groups in total. The monoisotopic (exact) mass is 641 g/mol. The minimum atomic E-state index is -4.37. The number of hydrogen-bond donors (Lipinski definition) is 2. The summed E-state index contributed by atoms with van der Waals surface area (Å²) in [6.07, 6.45) is 31.6. The first-order valence-corrected chi connectivity index (χ1v) is 18.1. The lowest BCUT2D eigenvalue weighted by atomic mass is 10.1. The third-order valence-corrected chi connectivity index (χ3v) is 7.51. The van der Waals surface area contributed by atoms with E-state index in [1.807, 2.05) is 13.0 Å². The quantitative estimate of drug-likeness (QED) is 0.0343. The normalized spacial score (nSPS) is 14.2. The zero-order chi connectivity index (χ0) is 32.6. The lowest BCUT2D eigenvalue weighted by Gasteiger charge is -2.19. The number of carbonyl (C=O) groups excluding carboxylic acids is 2. The van der Waals surface area contributed by atoms with Gasteiger partial charge >= 0.3 is 19.8 Å². The van der Waals surface area contributed by atoms with Crippen molar-refractivity contribution in [2.75, 3.05) is 26.4 Å². The average Bonchev–Trinajstić information content (AvgIpc) is 3.00. The zero-order valence-electron chi connectivity index (χ0n) is 27.4. The number of allylic oxidation sites excluding steroid dienone is 8. The van der Waals surface area contributed by atoms with Crippen LogP contribution in [0.3, 0.4) is 0 Å². The van der Waals surface area contributed by atoms with E-state index in [2.05, 4.69) is 49.5 Å². The van der Waals surface area contributed by atoms with Crippen LogP contribution in [0.25, 0.3) is 0 Å². The Balaban J connectivity index is 4.35. The molecule has 0 aromatic carbocycles. The van der Waals surface area contributed by atoms with Gasteiger partial charge in [0.2, 0.25) is 0 Å². The summed E-state index contributed by atoms with van der Waals surface area (Å²) in [6.45, 7) is 3.33. The first-order chi connectivity index (χ1) is 21.3. The van der Waals surface area contributed by atoms with Crippen molar-refractivity contribution in [1.29, 1.82) is 0 Å².